The molecular weight excluding hydrogens is 218 g/mol. The number of nitrogens with zero attached hydrogens (tertiary/aromatic N) is 2. The third-order valence-electron chi connectivity index (χ3n) is 4.05. The van der Waals surface area contributed by atoms with E-state index in [1.54, 1.807) is 11.3 Å². The summed E-state index contributed by atoms with van der Waals surface area (Å²) in [5, 5.41) is 3.57. The molecule has 1 N–H and O–H groups in total. The van der Waals surface area contributed by atoms with Crippen LogP contribution in [0.2, 0.25) is 0 Å². The molecule has 1 saturated heterocycles. The molecule has 1 aliphatic heterocycles. The Balaban J connectivity index is 1.75. The van der Waals surface area contributed by atoms with E-state index < -0.39 is 0 Å². The second-order valence-electron chi connectivity index (χ2n) is 5.00. The molecule has 0 atom stereocenters. The van der Waals surface area contributed by atoms with Crippen molar-refractivity contribution >= 4 is 11.3 Å². The summed E-state index contributed by atoms with van der Waals surface area (Å²) in [6, 6.07) is 0. The Hall–Kier alpha value is -0.450. The minimum absolute atomic E-state index is 0.461. The van der Waals surface area contributed by atoms with Crippen LogP contribution >= 0.6 is 11.3 Å². The molecule has 16 heavy (non-hydrogen) atoms. The fraction of sp³-hybridized carbons (Fsp3) is 0.750. The molecule has 2 heterocycles. The lowest BCUT2D eigenvalue weighted by atomic mass is 9.93. The summed E-state index contributed by atoms with van der Waals surface area (Å²) in [5.74, 6) is 0. The van der Waals surface area contributed by atoms with Crippen LogP contribution < -0.4 is 5.32 Å². The highest BCUT2D eigenvalue weighted by atomic mass is 32.1. The molecule has 3 nitrogen and oxygen atoms in total. The zero-order valence-electron chi connectivity index (χ0n) is 9.61. The molecule has 88 valence electrons. The summed E-state index contributed by atoms with van der Waals surface area (Å²) >= 11 is 1.79. The average molecular weight is 237 g/mol. The van der Waals surface area contributed by atoms with Crippen molar-refractivity contribution in [2.75, 3.05) is 19.6 Å². The van der Waals surface area contributed by atoms with Gasteiger partial charge in [0, 0.05) is 42.8 Å². The van der Waals surface area contributed by atoms with Crippen LogP contribution in [0.5, 0.6) is 0 Å². The van der Waals surface area contributed by atoms with E-state index in [2.05, 4.69) is 15.2 Å². The molecule has 1 aliphatic carbocycles. The molecule has 0 amide bonds. The normalized spacial score (nSPS) is 25.2. The average Bonchev–Trinajstić information content (AvgIpc) is 2.94. The fourth-order valence-corrected chi connectivity index (χ4v) is 3.77. The Morgan fingerprint density at radius 2 is 2.31 bits per heavy atom. The molecule has 0 unspecified atom stereocenters. The maximum Gasteiger partial charge on any atom is 0.0794 e. The van der Waals surface area contributed by atoms with E-state index in [-0.39, 0.29) is 0 Å². The van der Waals surface area contributed by atoms with Crippen molar-refractivity contribution in [1.29, 1.82) is 0 Å². The van der Waals surface area contributed by atoms with Crippen LogP contribution in [0.4, 0.5) is 0 Å². The number of aromatic nitrogens is 1. The van der Waals surface area contributed by atoms with Gasteiger partial charge in [-0.3, -0.25) is 9.88 Å². The highest BCUT2D eigenvalue weighted by Gasteiger charge is 2.40. The molecule has 1 aromatic rings. The van der Waals surface area contributed by atoms with Gasteiger partial charge in [-0.1, -0.05) is 12.8 Å². The zero-order valence-corrected chi connectivity index (χ0v) is 10.4. The molecule has 1 spiro atoms. The first kappa shape index (κ1) is 10.7. The highest BCUT2D eigenvalue weighted by molar-refractivity contribution is 7.09. The van der Waals surface area contributed by atoms with Gasteiger partial charge in [-0.2, -0.15) is 0 Å². The van der Waals surface area contributed by atoms with Crippen LogP contribution in [0.1, 0.15) is 30.6 Å². The summed E-state index contributed by atoms with van der Waals surface area (Å²) in [5.41, 5.74) is 2.40. The van der Waals surface area contributed by atoms with Gasteiger partial charge in [-0.05, 0) is 12.8 Å². The van der Waals surface area contributed by atoms with Crippen molar-refractivity contribution in [1.82, 2.24) is 15.2 Å². The first-order valence-electron chi connectivity index (χ1n) is 6.22. The minimum Gasteiger partial charge on any atom is -0.314 e. The van der Waals surface area contributed by atoms with E-state index in [9.17, 15) is 0 Å². The second kappa shape index (κ2) is 4.43. The molecule has 3 rings (SSSR count). The third kappa shape index (κ3) is 1.90. The van der Waals surface area contributed by atoms with Crippen molar-refractivity contribution in [2.45, 2.75) is 37.8 Å². The van der Waals surface area contributed by atoms with Gasteiger partial charge in [-0.15, -0.1) is 11.3 Å². The summed E-state index contributed by atoms with van der Waals surface area (Å²) in [4.78, 5) is 8.29. The lowest BCUT2D eigenvalue weighted by molar-refractivity contribution is 0.0582. The van der Waals surface area contributed by atoms with Crippen LogP contribution in [-0.2, 0) is 6.54 Å². The Kier molecular flexibility index (Phi) is 2.96. The molecule has 2 fully saturated rings. The summed E-state index contributed by atoms with van der Waals surface area (Å²) < 4.78 is 0. The van der Waals surface area contributed by atoms with Crippen LogP contribution in [0, 0.1) is 0 Å². The number of rotatable bonds is 2. The van der Waals surface area contributed by atoms with E-state index in [4.69, 9.17) is 0 Å². The van der Waals surface area contributed by atoms with E-state index in [1.165, 1.54) is 43.6 Å². The number of hydrogen-bond donors (Lipinski definition) is 1. The van der Waals surface area contributed by atoms with Gasteiger partial charge in [0.2, 0.25) is 0 Å². The number of hydrogen-bond acceptors (Lipinski definition) is 4. The summed E-state index contributed by atoms with van der Waals surface area (Å²) in [6.07, 6.45) is 7.58. The minimum atomic E-state index is 0.461. The van der Waals surface area contributed by atoms with E-state index in [1.807, 2.05) is 11.7 Å². The quantitative estimate of drug-likeness (QED) is 0.851. The van der Waals surface area contributed by atoms with Crippen LogP contribution in [-0.4, -0.2) is 35.1 Å². The summed E-state index contributed by atoms with van der Waals surface area (Å²) in [6.45, 7) is 4.62. The lowest BCUT2D eigenvalue weighted by Crippen LogP contribution is -2.59. The van der Waals surface area contributed by atoms with Gasteiger partial charge in [0.05, 0.1) is 5.51 Å². The third-order valence-corrected chi connectivity index (χ3v) is 4.81. The number of piperazine rings is 1. The second-order valence-corrected chi connectivity index (χ2v) is 5.97. The molecule has 0 radical (unpaired) electrons. The smallest absolute Gasteiger partial charge is 0.0794 e. The molecular formula is C12H19N3S. The number of nitrogens with one attached hydrogen (secondary N) is 1. The largest absolute Gasteiger partial charge is 0.314 e. The molecule has 1 saturated carbocycles. The number of thiazole rings is 1. The van der Waals surface area contributed by atoms with E-state index in [0.717, 1.165) is 13.1 Å². The predicted octanol–water partition coefficient (Wildman–Crippen LogP) is 1.86. The fourth-order valence-electron chi connectivity index (χ4n) is 3.17. The Labute approximate surface area is 101 Å². The van der Waals surface area contributed by atoms with Crippen molar-refractivity contribution in [3.05, 3.63) is 16.6 Å². The first-order valence-corrected chi connectivity index (χ1v) is 7.10. The topological polar surface area (TPSA) is 28.2 Å². The van der Waals surface area contributed by atoms with Crippen molar-refractivity contribution in [3.63, 3.8) is 0 Å². The molecule has 0 aromatic carbocycles. The monoisotopic (exact) mass is 237 g/mol. The molecule has 2 aliphatic rings. The van der Waals surface area contributed by atoms with Crippen LogP contribution in [0.25, 0.3) is 0 Å². The molecule has 4 heteroatoms. The van der Waals surface area contributed by atoms with Crippen molar-refractivity contribution < 1.29 is 0 Å². The Morgan fingerprint density at radius 1 is 1.44 bits per heavy atom. The van der Waals surface area contributed by atoms with Crippen molar-refractivity contribution in [3.8, 4) is 0 Å². The van der Waals surface area contributed by atoms with E-state index in [0.29, 0.717) is 5.54 Å². The van der Waals surface area contributed by atoms with Crippen molar-refractivity contribution in [2.24, 2.45) is 0 Å². The van der Waals surface area contributed by atoms with Gasteiger partial charge >= 0.3 is 0 Å². The zero-order chi connectivity index (χ0) is 10.8. The first-order chi connectivity index (χ1) is 7.89. The SMILES string of the molecule is c1ncc(CN2CCNCC23CCCC3)s1. The van der Waals surface area contributed by atoms with Gasteiger partial charge in [0.25, 0.3) is 0 Å². The van der Waals surface area contributed by atoms with Gasteiger partial charge in [-0.25, -0.2) is 0 Å². The van der Waals surface area contributed by atoms with Crippen LogP contribution in [0.15, 0.2) is 11.7 Å². The molecule has 0 bridgehead atoms. The van der Waals surface area contributed by atoms with Gasteiger partial charge in [0.1, 0.15) is 0 Å². The summed E-state index contributed by atoms with van der Waals surface area (Å²) in [7, 11) is 0. The standard InChI is InChI=1S/C12H19N3S/c1-2-4-12(3-1)9-13-5-6-15(12)8-11-7-14-10-16-11/h7,10,13H,1-6,8-9H2. The van der Waals surface area contributed by atoms with Gasteiger partial charge < -0.3 is 5.32 Å². The van der Waals surface area contributed by atoms with Gasteiger partial charge in [0.15, 0.2) is 0 Å². The Morgan fingerprint density at radius 3 is 3.06 bits per heavy atom. The Bertz CT molecular complexity index is 330. The van der Waals surface area contributed by atoms with Crippen LogP contribution in [0.3, 0.4) is 0 Å². The lowest BCUT2D eigenvalue weighted by Gasteiger charge is -2.45. The molecule has 1 aromatic heterocycles. The predicted molar refractivity (Wildman–Crippen MR) is 66.6 cm³/mol. The highest BCUT2D eigenvalue weighted by Crippen LogP contribution is 2.37. The maximum absolute atomic E-state index is 4.18. The van der Waals surface area contributed by atoms with E-state index >= 15 is 0 Å². The maximum atomic E-state index is 4.18.